The normalized spacial score (nSPS) is 11.8. The molecular weight excluding hydrogens is 314 g/mol. The third-order valence-corrected chi connectivity index (χ3v) is 4.02. The van der Waals surface area contributed by atoms with Gasteiger partial charge in [0.2, 0.25) is 5.91 Å². The van der Waals surface area contributed by atoms with Crippen molar-refractivity contribution in [1.82, 2.24) is 10.3 Å². The number of benzene rings is 1. The van der Waals surface area contributed by atoms with Crippen LogP contribution >= 0.6 is 11.3 Å². The number of rotatable bonds is 6. The van der Waals surface area contributed by atoms with Crippen molar-refractivity contribution in [2.75, 3.05) is 6.61 Å². The molecular formula is C16H19N3O3S. The van der Waals surface area contributed by atoms with Gasteiger partial charge in [-0.25, -0.2) is 9.78 Å². The summed E-state index contributed by atoms with van der Waals surface area (Å²) in [7, 11) is 0. The molecule has 1 unspecified atom stereocenters. The lowest BCUT2D eigenvalue weighted by atomic mass is 10.1. The molecule has 1 aromatic carbocycles. The molecule has 0 aliphatic rings. The maximum Gasteiger partial charge on any atom is 0.357 e. The topological polar surface area (TPSA) is 94.3 Å². The monoisotopic (exact) mass is 333 g/mol. The molecule has 122 valence electrons. The Kier molecular flexibility index (Phi) is 5.84. The van der Waals surface area contributed by atoms with E-state index >= 15 is 0 Å². The fraction of sp³-hybridized carbons (Fsp3) is 0.312. The first-order chi connectivity index (χ1) is 11.0. The first-order valence-electron chi connectivity index (χ1n) is 7.22. The zero-order valence-corrected chi connectivity index (χ0v) is 13.9. The van der Waals surface area contributed by atoms with Crippen LogP contribution in [0.1, 0.15) is 39.6 Å². The Hall–Kier alpha value is -2.25. The number of amides is 1. The molecule has 0 saturated carbocycles. The number of ether oxygens (including phenoxy) is 1. The van der Waals surface area contributed by atoms with Gasteiger partial charge < -0.3 is 15.8 Å². The van der Waals surface area contributed by atoms with Crippen molar-refractivity contribution in [3.8, 4) is 0 Å². The summed E-state index contributed by atoms with van der Waals surface area (Å²) in [5.41, 5.74) is 8.05. The van der Waals surface area contributed by atoms with Crippen LogP contribution < -0.4 is 11.1 Å². The molecule has 3 N–H and O–H groups in total. The van der Waals surface area contributed by atoms with Gasteiger partial charge in [0.05, 0.1) is 13.2 Å². The minimum Gasteiger partial charge on any atom is -0.461 e. The van der Waals surface area contributed by atoms with E-state index in [0.717, 1.165) is 11.1 Å². The van der Waals surface area contributed by atoms with Gasteiger partial charge in [0.15, 0.2) is 5.69 Å². The van der Waals surface area contributed by atoms with Gasteiger partial charge in [0.1, 0.15) is 11.0 Å². The first kappa shape index (κ1) is 17.1. The van der Waals surface area contributed by atoms with Crippen LogP contribution in [0, 0.1) is 6.92 Å². The van der Waals surface area contributed by atoms with E-state index in [4.69, 9.17) is 10.5 Å². The fourth-order valence-corrected chi connectivity index (χ4v) is 2.59. The Morgan fingerprint density at radius 2 is 2.04 bits per heavy atom. The number of nitrogens with two attached hydrogens (primary N) is 1. The van der Waals surface area contributed by atoms with Crippen molar-refractivity contribution in [2.24, 2.45) is 5.73 Å². The van der Waals surface area contributed by atoms with Gasteiger partial charge in [0.25, 0.3) is 0 Å². The molecule has 1 heterocycles. The number of carbonyl (C=O) groups is 2. The Morgan fingerprint density at radius 1 is 1.35 bits per heavy atom. The summed E-state index contributed by atoms with van der Waals surface area (Å²) in [5, 5.41) is 4.96. The average molecular weight is 333 g/mol. The number of aryl methyl sites for hydroxylation is 1. The summed E-state index contributed by atoms with van der Waals surface area (Å²) in [6.45, 7) is 4.23. The molecule has 6 nitrogen and oxygen atoms in total. The van der Waals surface area contributed by atoms with Gasteiger partial charge in [-0.15, -0.1) is 11.3 Å². The van der Waals surface area contributed by atoms with Crippen molar-refractivity contribution >= 4 is 23.2 Å². The molecule has 23 heavy (non-hydrogen) atoms. The van der Waals surface area contributed by atoms with Gasteiger partial charge >= 0.3 is 5.97 Å². The Morgan fingerprint density at radius 3 is 2.70 bits per heavy atom. The molecule has 1 atom stereocenters. The third-order valence-electron chi connectivity index (χ3n) is 3.17. The average Bonchev–Trinajstić information content (AvgIpc) is 3.02. The van der Waals surface area contributed by atoms with E-state index in [1.807, 2.05) is 31.2 Å². The molecule has 1 amide bonds. The highest BCUT2D eigenvalue weighted by Gasteiger charge is 2.17. The maximum absolute atomic E-state index is 12.1. The van der Waals surface area contributed by atoms with E-state index in [9.17, 15) is 9.59 Å². The smallest absolute Gasteiger partial charge is 0.357 e. The Labute approximate surface area is 138 Å². The van der Waals surface area contributed by atoms with Gasteiger partial charge in [0, 0.05) is 5.38 Å². The zero-order valence-electron chi connectivity index (χ0n) is 13.0. The number of nitrogens with one attached hydrogen (secondary N) is 1. The van der Waals surface area contributed by atoms with E-state index < -0.39 is 12.0 Å². The van der Waals surface area contributed by atoms with Crippen LogP contribution in [0.15, 0.2) is 29.6 Å². The summed E-state index contributed by atoms with van der Waals surface area (Å²) in [5.74, 6) is -0.751. The van der Waals surface area contributed by atoms with Crippen LogP contribution in [0.5, 0.6) is 0 Å². The number of aromatic nitrogens is 1. The van der Waals surface area contributed by atoms with Crippen molar-refractivity contribution in [2.45, 2.75) is 26.4 Å². The van der Waals surface area contributed by atoms with Crippen LogP contribution in [0.2, 0.25) is 0 Å². The third kappa shape index (κ3) is 4.61. The minimum atomic E-state index is -0.736. The molecule has 7 heteroatoms. The van der Waals surface area contributed by atoms with Crippen LogP contribution in [0.4, 0.5) is 0 Å². The number of hydrogen-bond donors (Lipinski definition) is 2. The highest BCUT2D eigenvalue weighted by molar-refractivity contribution is 7.09. The van der Waals surface area contributed by atoms with Crippen molar-refractivity contribution in [3.63, 3.8) is 0 Å². The summed E-state index contributed by atoms with van der Waals surface area (Å²) in [4.78, 5) is 27.8. The molecule has 0 radical (unpaired) electrons. The van der Waals surface area contributed by atoms with Crippen LogP contribution in [0.3, 0.4) is 0 Å². The Bertz CT molecular complexity index is 682. The summed E-state index contributed by atoms with van der Waals surface area (Å²) in [6.07, 6.45) is 0. The number of carbonyl (C=O) groups excluding carboxylic acids is 2. The Balaban J connectivity index is 1.91. The van der Waals surface area contributed by atoms with Crippen LogP contribution in [-0.4, -0.2) is 23.5 Å². The lowest BCUT2D eigenvalue weighted by molar-refractivity contribution is -0.122. The quantitative estimate of drug-likeness (QED) is 0.788. The number of nitrogens with zero attached hydrogens (tertiary/aromatic N) is 1. The SMILES string of the molecule is CCOC(=O)c1csc(CNC(=O)C(N)c2ccc(C)cc2)n1. The molecule has 1 aromatic heterocycles. The molecule has 2 aromatic rings. The minimum absolute atomic E-state index is 0.225. The number of hydrogen-bond acceptors (Lipinski definition) is 6. The molecule has 0 spiro atoms. The van der Waals surface area contributed by atoms with Crippen LogP contribution in [-0.2, 0) is 16.1 Å². The van der Waals surface area contributed by atoms with E-state index in [1.165, 1.54) is 11.3 Å². The van der Waals surface area contributed by atoms with E-state index in [2.05, 4.69) is 10.3 Å². The first-order valence-corrected chi connectivity index (χ1v) is 8.10. The number of thiazole rings is 1. The van der Waals surface area contributed by atoms with Crippen molar-refractivity contribution < 1.29 is 14.3 Å². The van der Waals surface area contributed by atoms with E-state index in [1.54, 1.807) is 12.3 Å². The zero-order chi connectivity index (χ0) is 16.8. The second kappa shape index (κ2) is 7.85. The van der Waals surface area contributed by atoms with E-state index in [0.29, 0.717) is 11.6 Å². The van der Waals surface area contributed by atoms with Crippen molar-refractivity contribution in [1.29, 1.82) is 0 Å². The molecule has 0 aliphatic carbocycles. The van der Waals surface area contributed by atoms with Gasteiger partial charge in [-0.3, -0.25) is 4.79 Å². The van der Waals surface area contributed by atoms with Crippen molar-refractivity contribution in [3.05, 3.63) is 51.5 Å². The van der Waals surface area contributed by atoms with Crippen LogP contribution in [0.25, 0.3) is 0 Å². The predicted octanol–water partition coefficient (Wildman–Crippen LogP) is 1.94. The van der Waals surface area contributed by atoms with Gasteiger partial charge in [-0.2, -0.15) is 0 Å². The molecule has 0 saturated heterocycles. The lowest BCUT2D eigenvalue weighted by Crippen LogP contribution is -2.33. The molecule has 2 rings (SSSR count). The molecule has 0 bridgehead atoms. The fourth-order valence-electron chi connectivity index (χ4n) is 1.89. The van der Waals surface area contributed by atoms with Gasteiger partial charge in [-0.1, -0.05) is 29.8 Å². The van der Waals surface area contributed by atoms with Gasteiger partial charge in [-0.05, 0) is 19.4 Å². The largest absolute Gasteiger partial charge is 0.461 e. The second-order valence-electron chi connectivity index (χ2n) is 4.95. The maximum atomic E-state index is 12.1. The second-order valence-corrected chi connectivity index (χ2v) is 5.90. The lowest BCUT2D eigenvalue weighted by Gasteiger charge is -2.12. The predicted molar refractivity (Wildman–Crippen MR) is 88.0 cm³/mol. The summed E-state index contributed by atoms with van der Waals surface area (Å²) >= 11 is 1.29. The molecule has 0 fully saturated rings. The highest BCUT2D eigenvalue weighted by Crippen LogP contribution is 2.13. The highest BCUT2D eigenvalue weighted by atomic mass is 32.1. The number of esters is 1. The standard InChI is InChI=1S/C16H19N3O3S/c1-3-22-16(21)12-9-23-13(19-12)8-18-15(20)14(17)11-6-4-10(2)5-7-11/h4-7,9,14H,3,8,17H2,1-2H3,(H,18,20). The summed E-state index contributed by atoms with van der Waals surface area (Å²) in [6, 6.07) is 6.76. The molecule has 0 aliphatic heterocycles. The summed E-state index contributed by atoms with van der Waals surface area (Å²) < 4.78 is 4.87. The van der Waals surface area contributed by atoms with E-state index in [-0.39, 0.29) is 18.1 Å².